The summed E-state index contributed by atoms with van der Waals surface area (Å²) in [5.74, 6) is 1.43. The molecule has 1 aromatic heterocycles. The number of nitrogens with one attached hydrogen (secondary N) is 1. The van der Waals surface area contributed by atoms with Crippen LogP contribution in [0.5, 0.6) is 0 Å². The van der Waals surface area contributed by atoms with Gasteiger partial charge in [0, 0.05) is 18.6 Å². The van der Waals surface area contributed by atoms with Crippen LogP contribution in [0.2, 0.25) is 0 Å². The number of benzene rings is 1. The minimum absolute atomic E-state index is 0.0973. The topological polar surface area (TPSA) is 71.5 Å². The maximum atomic E-state index is 11.1. The van der Waals surface area contributed by atoms with Crippen LogP contribution in [0.1, 0.15) is 24.2 Å². The zero-order valence-corrected chi connectivity index (χ0v) is 10.9. The Hall–Kier alpha value is -1.69. The smallest absolute Gasteiger partial charge is 0.185 e. The molecule has 0 saturated carbocycles. The summed E-state index contributed by atoms with van der Waals surface area (Å²) in [4.78, 5) is 11.1. The van der Waals surface area contributed by atoms with Gasteiger partial charge in [-0.2, -0.15) is 5.21 Å². The predicted molar refractivity (Wildman–Crippen MR) is 70.2 cm³/mol. The van der Waals surface area contributed by atoms with E-state index in [0.29, 0.717) is 11.6 Å². The van der Waals surface area contributed by atoms with Gasteiger partial charge in [0.25, 0.3) is 0 Å². The van der Waals surface area contributed by atoms with E-state index in [1.807, 2.05) is 18.2 Å². The van der Waals surface area contributed by atoms with E-state index in [9.17, 15) is 4.79 Å². The summed E-state index contributed by atoms with van der Waals surface area (Å²) >= 11 is 1.30. The number of H-pyrrole nitrogens is 1. The van der Waals surface area contributed by atoms with Crippen molar-refractivity contribution in [1.82, 2.24) is 20.6 Å². The molecule has 0 aliphatic rings. The van der Waals surface area contributed by atoms with Crippen LogP contribution in [-0.4, -0.2) is 31.5 Å². The largest absolute Gasteiger partial charge is 0.288 e. The van der Waals surface area contributed by atoms with Crippen LogP contribution >= 0.6 is 11.8 Å². The van der Waals surface area contributed by atoms with Gasteiger partial charge in [0.2, 0.25) is 0 Å². The van der Waals surface area contributed by atoms with Gasteiger partial charge in [-0.3, -0.25) is 4.79 Å². The molecule has 2 aromatic rings. The van der Waals surface area contributed by atoms with E-state index >= 15 is 0 Å². The standard InChI is InChI=1S/C12H14N4OS/c1-9(17)18-8-11(12-13-15-16-14-12)7-10-5-3-2-4-6-10/h2-6,11H,7-8H2,1H3,(H,13,14,15,16). The van der Waals surface area contributed by atoms with E-state index < -0.39 is 0 Å². The molecule has 0 fully saturated rings. The summed E-state index contributed by atoms with van der Waals surface area (Å²) < 4.78 is 0. The molecule has 1 aromatic carbocycles. The first-order valence-electron chi connectivity index (χ1n) is 5.66. The molecule has 1 atom stereocenters. The number of tetrazole rings is 1. The van der Waals surface area contributed by atoms with Crippen molar-refractivity contribution >= 4 is 16.9 Å². The molecule has 0 bridgehead atoms. The molecule has 18 heavy (non-hydrogen) atoms. The first-order chi connectivity index (χ1) is 8.75. The van der Waals surface area contributed by atoms with Crippen LogP contribution in [0.3, 0.4) is 0 Å². The summed E-state index contributed by atoms with van der Waals surface area (Å²) in [5, 5.41) is 14.2. The summed E-state index contributed by atoms with van der Waals surface area (Å²) in [5.41, 5.74) is 1.21. The molecule has 1 unspecified atom stereocenters. The van der Waals surface area contributed by atoms with Crippen LogP contribution in [0.4, 0.5) is 0 Å². The number of hydrogen-bond acceptors (Lipinski definition) is 5. The first-order valence-corrected chi connectivity index (χ1v) is 6.65. The van der Waals surface area contributed by atoms with Gasteiger partial charge in [-0.1, -0.05) is 47.3 Å². The molecule has 94 valence electrons. The normalized spacial score (nSPS) is 12.3. The van der Waals surface area contributed by atoms with Gasteiger partial charge in [-0.25, -0.2) is 0 Å². The minimum Gasteiger partial charge on any atom is -0.288 e. The maximum absolute atomic E-state index is 11.1. The highest BCUT2D eigenvalue weighted by Crippen LogP contribution is 2.22. The number of carbonyl (C=O) groups is 1. The minimum atomic E-state index is 0.0973. The molecule has 0 radical (unpaired) electrons. The van der Waals surface area contributed by atoms with Crippen LogP contribution in [0.25, 0.3) is 0 Å². The average molecular weight is 262 g/mol. The van der Waals surface area contributed by atoms with Crippen molar-refractivity contribution in [2.24, 2.45) is 0 Å². The molecular weight excluding hydrogens is 248 g/mol. The Morgan fingerprint density at radius 3 is 2.78 bits per heavy atom. The molecule has 1 N–H and O–H groups in total. The number of thioether (sulfide) groups is 1. The highest BCUT2D eigenvalue weighted by Gasteiger charge is 2.17. The van der Waals surface area contributed by atoms with Crippen LogP contribution in [0, 0.1) is 0 Å². The quantitative estimate of drug-likeness (QED) is 0.889. The fraction of sp³-hybridized carbons (Fsp3) is 0.333. The highest BCUT2D eigenvalue weighted by atomic mass is 32.2. The van der Waals surface area contributed by atoms with Crippen molar-refractivity contribution in [3.63, 3.8) is 0 Å². The van der Waals surface area contributed by atoms with Gasteiger partial charge in [0.15, 0.2) is 10.9 Å². The summed E-state index contributed by atoms with van der Waals surface area (Å²) in [6.45, 7) is 1.57. The Morgan fingerprint density at radius 2 is 2.17 bits per heavy atom. The van der Waals surface area contributed by atoms with Crippen molar-refractivity contribution in [2.45, 2.75) is 19.3 Å². The van der Waals surface area contributed by atoms with Crippen molar-refractivity contribution in [3.05, 3.63) is 41.7 Å². The van der Waals surface area contributed by atoms with Crippen molar-refractivity contribution in [2.75, 3.05) is 5.75 Å². The maximum Gasteiger partial charge on any atom is 0.185 e. The molecule has 1 heterocycles. The molecule has 6 heteroatoms. The van der Waals surface area contributed by atoms with E-state index in [1.165, 1.54) is 17.3 Å². The summed E-state index contributed by atoms with van der Waals surface area (Å²) in [6.07, 6.45) is 0.806. The second-order valence-corrected chi connectivity index (χ2v) is 5.16. The lowest BCUT2D eigenvalue weighted by Gasteiger charge is -2.11. The zero-order chi connectivity index (χ0) is 12.8. The van der Waals surface area contributed by atoms with E-state index in [1.54, 1.807) is 6.92 Å². The molecule has 0 saturated heterocycles. The second-order valence-electron chi connectivity index (χ2n) is 3.96. The summed E-state index contributed by atoms with van der Waals surface area (Å²) in [7, 11) is 0. The fourth-order valence-electron chi connectivity index (χ4n) is 1.68. The van der Waals surface area contributed by atoms with Gasteiger partial charge >= 0.3 is 0 Å². The Bertz CT molecular complexity index is 486. The third kappa shape index (κ3) is 3.66. The number of nitrogens with zero attached hydrogens (tertiary/aromatic N) is 3. The van der Waals surface area contributed by atoms with E-state index in [-0.39, 0.29) is 11.0 Å². The zero-order valence-electron chi connectivity index (χ0n) is 10.0. The Labute approximate surface area is 109 Å². The van der Waals surface area contributed by atoms with Crippen LogP contribution < -0.4 is 0 Å². The molecular formula is C12H14N4OS. The molecule has 0 amide bonds. The number of carbonyl (C=O) groups excluding carboxylic acids is 1. The molecule has 0 spiro atoms. The van der Waals surface area contributed by atoms with E-state index in [4.69, 9.17) is 0 Å². The number of rotatable bonds is 5. The summed E-state index contributed by atoms with van der Waals surface area (Å²) in [6, 6.07) is 10.1. The monoisotopic (exact) mass is 262 g/mol. The number of hydrogen-bond donors (Lipinski definition) is 1. The number of aromatic amines is 1. The van der Waals surface area contributed by atoms with Gasteiger partial charge in [0.05, 0.1) is 0 Å². The fourth-order valence-corrected chi connectivity index (χ4v) is 2.39. The van der Waals surface area contributed by atoms with Crippen molar-refractivity contribution < 1.29 is 4.79 Å². The third-order valence-electron chi connectivity index (χ3n) is 2.54. The Kier molecular flexibility index (Phi) is 4.46. The van der Waals surface area contributed by atoms with Crippen LogP contribution in [0.15, 0.2) is 30.3 Å². The Morgan fingerprint density at radius 1 is 1.39 bits per heavy atom. The van der Waals surface area contributed by atoms with E-state index in [2.05, 4.69) is 32.8 Å². The highest BCUT2D eigenvalue weighted by molar-refractivity contribution is 8.13. The Balaban J connectivity index is 2.07. The van der Waals surface area contributed by atoms with Crippen molar-refractivity contribution in [3.8, 4) is 0 Å². The molecule has 5 nitrogen and oxygen atoms in total. The van der Waals surface area contributed by atoms with Gasteiger partial charge < -0.3 is 0 Å². The van der Waals surface area contributed by atoms with Gasteiger partial charge in [-0.05, 0) is 12.0 Å². The molecule has 0 aliphatic heterocycles. The lowest BCUT2D eigenvalue weighted by molar-refractivity contribution is -0.109. The predicted octanol–water partition coefficient (Wildman–Crippen LogP) is 1.81. The van der Waals surface area contributed by atoms with Gasteiger partial charge in [-0.15, -0.1) is 10.2 Å². The van der Waals surface area contributed by atoms with Crippen molar-refractivity contribution in [1.29, 1.82) is 0 Å². The SMILES string of the molecule is CC(=O)SCC(Cc1ccccc1)c1nn[nH]n1. The second kappa shape index (κ2) is 6.30. The number of aromatic nitrogens is 4. The molecule has 2 rings (SSSR count). The lowest BCUT2D eigenvalue weighted by atomic mass is 10.0. The third-order valence-corrected chi connectivity index (χ3v) is 3.52. The lowest BCUT2D eigenvalue weighted by Crippen LogP contribution is -2.09. The van der Waals surface area contributed by atoms with E-state index in [0.717, 1.165) is 6.42 Å². The molecule has 0 aliphatic carbocycles. The first kappa shape index (κ1) is 12.8. The van der Waals surface area contributed by atoms with Gasteiger partial charge in [0.1, 0.15) is 0 Å². The average Bonchev–Trinajstić information content (AvgIpc) is 2.89. The van der Waals surface area contributed by atoms with Crippen LogP contribution in [-0.2, 0) is 11.2 Å².